The lowest BCUT2D eigenvalue weighted by atomic mass is 10.1. The number of para-hydroxylation sites is 1. The summed E-state index contributed by atoms with van der Waals surface area (Å²) in [6, 6.07) is 16.5. The zero-order valence-corrected chi connectivity index (χ0v) is 14.6. The van der Waals surface area contributed by atoms with E-state index in [0.717, 1.165) is 16.8 Å². The van der Waals surface area contributed by atoms with Gasteiger partial charge in [-0.2, -0.15) is 0 Å². The number of anilines is 2. The van der Waals surface area contributed by atoms with Crippen molar-refractivity contribution < 1.29 is 9.59 Å². The molecule has 0 bridgehead atoms. The van der Waals surface area contributed by atoms with Crippen molar-refractivity contribution in [1.82, 2.24) is 4.98 Å². The highest BCUT2D eigenvalue weighted by Crippen LogP contribution is 2.17. The molecule has 26 heavy (non-hydrogen) atoms. The van der Waals surface area contributed by atoms with Crippen molar-refractivity contribution in [3.63, 3.8) is 0 Å². The van der Waals surface area contributed by atoms with E-state index in [1.807, 2.05) is 50.2 Å². The first-order chi connectivity index (χ1) is 12.5. The summed E-state index contributed by atoms with van der Waals surface area (Å²) in [4.78, 5) is 28.9. The molecule has 0 aliphatic heterocycles. The second-order valence-electron chi connectivity index (χ2n) is 6.05. The summed E-state index contributed by atoms with van der Waals surface area (Å²) in [7, 11) is 0. The Labute approximate surface area is 152 Å². The number of nitrogens with one attached hydrogen (secondary N) is 2. The van der Waals surface area contributed by atoms with Crippen LogP contribution in [0.5, 0.6) is 0 Å². The molecule has 2 aromatic carbocycles. The third-order valence-electron chi connectivity index (χ3n) is 3.92. The van der Waals surface area contributed by atoms with E-state index in [0.29, 0.717) is 16.8 Å². The summed E-state index contributed by atoms with van der Waals surface area (Å²) < 4.78 is 0. The largest absolute Gasteiger partial charge is 0.322 e. The first-order valence-electron chi connectivity index (χ1n) is 8.23. The smallest absolute Gasteiger partial charge is 0.257 e. The summed E-state index contributed by atoms with van der Waals surface area (Å²) in [5, 5.41) is 5.64. The van der Waals surface area contributed by atoms with Gasteiger partial charge in [-0.25, -0.2) is 0 Å². The first-order valence-corrected chi connectivity index (χ1v) is 8.23. The number of aryl methyl sites for hydroxylation is 2. The number of pyridine rings is 1. The minimum absolute atomic E-state index is 0.307. The summed E-state index contributed by atoms with van der Waals surface area (Å²) >= 11 is 0. The van der Waals surface area contributed by atoms with Crippen molar-refractivity contribution in [3.05, 3.63) is 89.2 Å². The molecule has 1 heterocycles. The van der Waals surface area contributed by atoms with E-state index >= 15 is 0 Å². The van der Waals surface area contributed by atoms with Crippen LogP contribution in [0.25, 0.3) is 0 Å². The number of carbonyl (C=O) groups is 2. The van der Waals surface area contributed by atoms with E-state index in [2.05, 4.69) is 15.6 Å². The third-order valence-corrected chi connectivity index (χ3v) is 3.92. The Morgan fingerprint density at radius 3 is 2.12 bits per heavy atom. The van der Waals surface area contributed by atoms with Crippen molar-refractivity contribution >= 4 is 23.2 Å². The second kappa shape index (κ2) is 7.61. The van der Waals surface area contributed by atoms with Crippen molar-refractivity contribution in [2.75, 3.05) is 10.6 Å². The lowest BCUT2D eigenvalue weighted by Gasteiger charge is -2.10. The van der Waals surface area contributed by atoms with Gasteiger partial charge in [-0.3, -0.25) is 14.6 Å². The number of aromatic nitrogens is 1. The van der Waals surface area contributed by atoms with Gasteiger partial charge in [-0.1, -0.05) is 35.9 Å². The van der Waals surface area contributed by atoms with Gasteiger partial charge in [0.15, 0.2) is 0 Å². The molecule has 0 radical (unpaired) electrons. The van der Waals surface area contributed by atoms with Gasteiger partial charge in [0, 0.05) is 23.8 Å². The topological polar surface area (TPSA) is 71.1 Å². The van der Waals surface area contributed by atoms with Crippen LogP contribution < -0.4 is 10.6 Å². The van der Waals surface area contributed by atoms with E-state index in [-0.39, 0.29) is 11.8 Å². The van der Waals surface area contributed by atoms with Crippen LogP contribution in [0.1, 0.15) is 31.8 Å². The van der Waals surface area contributed by atoms with Crippen LogP contribution in [-0.4, -0.2) is 16.8 Å². The molecule has 3 rings (SSSR count). The molecule has 3 aromatic rings. The highest BCUT2D eigenvalue weighted by atomic mass is 16.2. The Bertz CT molecular complexity index is 952. The molecule has 2 N–H and O–H groups in total. The SMILES string of the molecule is Cc1ccc(NC(=O)c2cncc(C(=O)Nc3ccccc3)c2)c(C)c1. The molecule has 0 fully saturated rings. The Morgan fingerprint density at radius 2 is 1.46 bits per heavy atom. The standard InChI is InChI=1S/C21H19N3O2/c1-14-8-9-19(15(2)10-14)24-21(26)17-11-16(12-22-13-17)20(25)23-18-6-4-3-5-7-18/h3-13H,1-2H3,(H,23,25)(H,24,26). The molecule has 1 aromatic heterocycles. The van der Waals surface area contributed by atoms with Crippen LogP contribution in [-0.2, 0) is 0 Å². The monoisotopic (exact) mass is 345 g/mol. The molecule has 0 saturated heterocycles. The number of rotatable bonds is 4. The van der Waals surface area contributed by atoms with Crippen molar-refractivity contribution in [1.29, 1.82) is 0 Å². The zero-order valence-electron chi connectivity index (χ0n) is 14.6. The lowest BCUT2D eigenvalue weighted by Crippen LogP contribution is -2.16. The lowest BCUT2D eigenvalue weighted by molar-refractivity contribution is 0.102. The summed E-state index contributed by atoms with van der Waals surface area (Å²) in [6.45, 7) is 3.93. The van der Waals surface area contributed by atoms with Gasteiger partial charge in [0.1, 0.15) is 0 Å². The Balaban J connectivity index is 1.76. The number of benzene rings is 2. The van der Waals surface area contributed by atoms with E-state index in [1.54, 1.807) is 12.1 Å². The van der Waals surface area contributed by atoms with Crippen molar-refractivity contribution in [2.24, 2.45) is 0 Å². The molecule has 0 aliphatic rings. The van der Waals surface area contributed by atoms with Crippen LogP contribution in [0.2, 0.25) is 0 Å². The molecule has 130 valence electrons. The fourth-order valence-electron chi connectivity index (χ4n) is 2.56. The van der Waals surface area contributed by atoms with E-state index < -0.39 is 0 Å². The molecule has 5 heteroatoms. The van der Waals surface area contributed by atoms with Gasteiger partial charge in [0.2, 0.25) is 0 Å². The van der Waals surface area contributed by atoms with E-state index in [1.165, 1.54) is 18.5 Å². The highest BCUT2D eigenvalue weighted by Gasteiger charge is 2.12. The molecular weight excluding hydrogens is 326 g/mol. The maximum absolute atomic E-state index is 12.5. The minimum atomic E-state index is -0.315. The fourth-order valence-corrected chi connectivity index (χ4v) is 2.56. The van der Waals surface area contributed by atoms with Gasteiger partial charge in [-0.05, 0) is 43.7 Å². The molecule has 0 aliphatic carbocycles. The summed E-state index contributed by atoms with van der Waals surface area (Å²) in [5.41, 5.74) is 4.17. The van der Waals surface area contributed by atoms with Crippen LogP contribution in [0.3, 0.4) is 0 Å². The second-order valence-corrected chi connectivity index (χ2v) is 6.05. The van der Waals surface area contributed by atoms with Crippen LogP contribution in [0.4, 0.5) is 11.4 Å². The van der Waals surface area contributed by atoms with Gasteiger partial charge >= 0.3 is 0 Å². The number of amides is 2. The predicted octanol–water partition coefficient (Wildman–Crippen LogP) is 4.20. The third kappa shape index (κ3) is 4.13. The normalized spacial score (nSPS) is 10.2. The maximum atomic E-state index is 12.5. The predicted molar refractivity (Wildman–Crippen MR) is 103 cm³/mol. The highest BCUT2D eigenvalue weighted by molar-refractivity contribution is 6.08. The van der Waals surface area contributed by atoms with Crippen molar-refractivity contribution in [2.45, 2.75) is 13.8 Å². The molecule has 0 atom stereocenters. The van der Waals surface area contributed by atoms with Crippen LogP contribution in [0, 0.1) is 13.8 Å². The van der Waals surface area contributed by atoms with Crippen LogP contribution >= 0.6 is 0 Å². The van der Waals surface area contributed by atoms with Gasteiger partial charge in [0.05, 0.1) is 11.1 Å². The van der Waals surface area contributed by atoms with Crippen LogP contribution in [0.15, 0.2) is 67.0 Å². The van der Waals surface area contributed by atoms with E-state index in [4.69, 9.17) is 0 Å². The number of carbonyl (C=O) groups excluding carboxylic acids is 2. The molecule has 0 saturated carbocycles. The summed E-state index contributed by atoms with van der Waals surface area (Å²) in [6.07, 6.45) is 2.88. The molecular formula is C21H19N3O2. The average molecular weight is 345 g/mol. The average Bonchev–Trinajstić information content (AvgIpc) is 2.65. The molecule has 0 unspecified atom stereocenters. The Morgan fingerprint density at radius 1 is 0.808 bits per heavy atom. The Kier molecular flexibility index (Phi) is 5.08. The number of nitrogens with zero attached hydrogens (tertiary/aromatic N) is 1. The molecule has 5 nitrogen and oxygen atoms in total. The first kappa shape index (κ1) is 17.4. The minimum Gasteiger partial charge on any atom is -0.322 e. The zero-order chi connectivity index (χ0) is 18.5. The van der Waals surface area contributed by atoms with E-state index in [9.17, 15) is 9.59 Å². The number of hydrogen-bond donors (Lipinski definition) is 2. The molecule has 2 amide bonds. The maximum Gasteiger partial charge on any atom is 0.257 e. The fraction of sp³-hybridized carbons (Fsp3) is 0.0952. The number of hydrogen-bond acceptors (Lipinski definition) is 3. The quantitative estimate of drug-likeness (QED) is 0.744. The van der Waals surface area contributed by atoms with Gasteiger partial charge in [-0.15, -0.1) is 0 Å². The Hall–Kier alpha value is -3.47. The summed E-state index contributed by atoms with van der Waals surface area (Å²) in [5.74, 6) is -0.622. The van der Waals surface area contributed by atoms with Gasteiger partial charge < -0.3 is 10.6 Å². The van der Waals surface area contributed by atoms with Crippen molar-refractivity contribution in [3.8, 4) is 0 Å². The molecule has 0 spiro atoms. The van der Waals surface area contributed by atoms with Gasteiger partial charge in [0.25, 0.3) is 11.8 Å².